The number of benzene rings is 1. The molecule has 1 aromatic heterocycles. The van der Waals surface area contributed by atoms with Crippen molar-refractivity contribution in [1.29, 1.82) is 0 Å². The van der Waals surface area contributed by atoms with Crippen LogP contribution < -0.4 is 10.2 Å². The van der Waals surface area contributed by atoms with E-state index in [-0.39, 0.29) is 5.57 Å². The Morgan fingerprint density at radius 2 is 1.77 bits per heavy atom. The van der Waals surface area contributed by atoms with E-state index in [2.05, 4.69) is 5.32 Å². The third-order valence-electron chi connectivity index (χ3n) is 3.16. The highest BCUT2D eigenvalue weighted by Gasteiger charge is 2.36. The molecule has 2 aromatic rings. The monoisotopic (exact) mass is 312 g/mol. The van der Waals surface area contributed by atoms with Crippen LogP contribution in [0.2, 0.25) is 0 Å². The Labute approximate surface area is 130 Å². The number of urea groups is 1. The van der Waals surface area contributed by atoms with Crippen molar-refractivity contribution >= 4 is 40.9 Å². The smallest absolute Gasteiger partial charge is 0.273 e. The van der Waals surface area contributed by atoms with Crippen LogP contribution in [0.4, 0.5) is 10.5 Å². The van der Waals surface area contributed by atoms with E-state index in [1.54, 1.807) is 30.3 Å². The van der Waals surface area contributed by atoms with E-state index in [1.165, 1.54) is 17.4 Å². The van der Waals surface area contributed by atoms with Crippen molar-refractivity contribution in [1.82, 2.24) is 5.32 Å². The van der Waals surface area contributed by atoms with Gasteiger partial charge in [0.05, 0.1) is 5.69 Å². The third kappa shape index (κ3) is 2.56. The molecule has 0 radical (unpaired) electrons. The van der Waals surface area contributed by atoms with Gasteiger partial charge in [-0.3, -0.25) is 14.9 Å². The lowest BCUT2D eigenvalue weighted by Crippen LogP contribution is -2.54. The van der Waals surface area contributed by atoms with Crippen LogP contribution >= 0.6 is 11.3 Å². The van der Waals surface area contributed by atoms with Crippen LogP contribution in [0.25, 0.3) is 6.08 Å². The highest BCUT2D eigenvalue weighted by Crippen LogP contribution is 2.23. The van der Waals surface area contributed by atoms with Crippen molar-refractivity contribution in [2.24, 2.45) is 0 Å². The van der Waals surface area contributed by atoms with Crippen molar-refractivity contribution in [3.05, 3.63) is 57.8 Å². The Balaban J connectivity index is 2.01. The minimum atomic E-state index is -0.735. The Bertz CT molecular complexity index is 793. The van der Waals surface area contributed by atoms with Gasteiger partial charge in [0.1, 0.15) is 5.57 Å². The van der Waals surface area contributed by atoms with E-state index in [0.717, 1.165) is 14.7 Å². The molecule has 110 valence electrons. The largest absolute Gasteiger partial charge is 0.335 e. The highest BCUT2D eigenvalue weighted by molar-refractivity contribution is 7.12. The molecular weight excluding hydrogens is 300 g/mol. The summed E-state index contributed by atoms with van der Waals surface area (Å²) >= 11 is 1.47. The van der Waals surface area contributed by atoms with Crippen LogP contribution in [0.3, 0.4) is 0 Å². The molecule has 2 heterocycles. The number of barbiturate groups is 1. The molecule has 22 heavy (non-hydrogen) atoms. The van der Waals surface area contributed by atoms with Crippen LogP contribution in [0, 0.1) is 6.92 Å². The standard InChI is InChI=1S/C16H12N2O3S/c1-10-7-8-12(22-10)9-13-14(19)17-16(21)18(15(13)20)11-5-3-2-4-6-11/h2-9H,1H3,(H,17,19,21)/b13-9-. The molecule has 0 saturated carbocycles. The lowest BCUT2D eigenvalue weighted by Gasteiger charge is -2.26. The third-order valence-corrected chi connectivity index (χ3v) is 4.11. The number of amides is 4. The SMILES string of the molecule is Cc1ccc(/C=C2/C(=O)NC(=O)N(c3ccccc3)C2=O)s1. The summed E-state index contributed by atoms with van der Waals surface area (Å²) in [4.78, 5) is 39.3. The number of carbonyl (C=O) groups is 3. The lowest BCUT2D eigenvalue weighted by molar-refractivity contribution is -0.122. The zero-order valence-corrected chi connectivity index (χ0v) is 12.5. The summed E-state index contributed by atoms with van der Waals surface area (Å²) in [5, 5.41) is 2.20. The van der Waals surface area contributed by atoms with Gasteiger partial charge in [-0.15, -0.1) is 11.3 Å². The summed E-state index contributed by atoms with van der Waals surface area (Å²) in [5.74, 6) is -1.29. The molecule has 0 aliphatic carbocycles. The van der Waals surface area contributed by atoms with Crippen LogP contribution in [0.15, 0.2) is 48.0 Å². The highest BCUT2D eigenvalue weighted by atomic mass is 32.1. The summed E-state index contributed by atoms with van der Waals surface area (Å²) < 4.78 is 0. The zero-order valence-electron chi connectivity index (χ0n) is 11.7. The van der Waals surface area contributed by atoms with E-state index >= 15 is 0 Å². The number of thiophene rings is 1. The van der Waals surface area contributed by atoms with Crippen molar-refractivity contribution in [3.8, 4) is 0 Å². The minimum absolute atomic E-state index is 0.0506. The Hall–Kier alpha value is -2.73. The molecule has 0 unspecified atom stereocenters. The second-order valence-electron chi connectivity index (χ2n) is 4.74. The normalized spacial score (nSPS) is 17.0. The molecule has 6 heteroatoms. The van der Waals surface area contributed by atoms with E-state index in [4.69, 9.17) is 0 Å². The average molecular weight is 312 g/mol. The van der Waals surface area contributed by atoms with Gasteiger partial charge in [0, 0.05) is 9.75 Å². The maximum atomic E-state index is 12.5. The predicted octanol–water partition coefficient (Wildman–Crippen LogP) is 2.72. The fraction of sp³-hybridized carbons (Fsp3) is 0.0625. The summed E-state index contributed by atoms with van der Waals surface area (Å²) in [6.45, 7) is 1.94. The van der Waals surface area contributed by atoms with Gasteiger partial charge < -0.3 is 0 Å². The van der Waals surface area contributed by atoms with Gasteiger partial charge >= 0.3 is 6.03 Å². The van der Waals surface area contributed by atoms with Crippen molar-refractivity contribution in [3.63, 3.8) is 0 Å². The lowest BCUT2D eigenvalue weighted by atomic mass is 10.1. The van der Waals surface area contributed by atoms with Crippen LogP contribution in [0.1, 0.15) is 9.75 Å². The molecule has 5 nitrogen and oxygen atoms in total. The van der Waals surface area contributed by atoms with Crippen molar-refractivity contribution in [2.75, 3.05) is 4.90 Å². The first-order valence-corrected chi connectivity index (χ1v) is 7.41. The van der Waals surface area contributed by atoms with E-state index < -0.39 is 17.8 Å². The van der Waals surface area contributed by atoms with Gasteiger partial charge in [0.15, 0.2) is 0 Å². The number of para-hydroxylation sites is 1. The molecule has 1 aliphatic heterocycles. The number of aryl methyl sites for hydroxylation is 1. The number of nitrogens with zero attached hydrogens (tertiary/aromatic N) is 1. The molecule has 1 aliphatic rings. The van der Waals surface area contributed by atoms with E-state index in [1.807, 2.05) is 19.1 Å². The van der Waals surface area contributed by atoms with Gasteiger partial charge in [-0.05, 0) is 37.3 Å². The number of hydrogen-bond donors (Lipinski definition) is 1. The van der Waals surface area contributed by atoms with Gasteiger partial charge in [-0.25, -0.2) is 9.69 Å². The number of imide groups is 2. The van der Waals surface area contributed by atoms with Gasteiger partial charge in [0.25, 0.3) is 11.8 Å². The molecule has 1 aromatic carbocycles. The molecule has 4 amide bonds. The van der Waals surface area contributed by atoms with Crippen molar-refractivity contribution in [2.45, 2.75) is 6.92 Å². The van der Waals surface area contributed by atoms with Gasteiger partial charge in [0.2, 0.25) is 0 Å². The van der Waals surface area contributed by atoms with Crippen LogP contribution in [0.5, 0.6) is 0 Å². The summed E-state index contributed by atoms with van der Waals surface area (Å²) in [7, 11) is 0. The summed E-state index contributed by atoms with van der Waals surface area (Å²) in [6.07, 6.45) is 1.51. The second kappa shape index (κ2) is 5.57. The number of hydrogen-bond acceptors (Lipinski definition) is 4. The molecular formula is C16H12N2O3S. The van der Waals surface area contributed by atoms with Crippen molar-refractivity contribution < 1.29 is 14.4 Å². The molecule has 1 fully saturated rings. The maximum absolute atomic E-state index is 12.5. The molecule has 0 atom stereocenters. The number of anilines is 1. The predicted molar refractivity (Wildman–Crippen MR) is 84.5 cm³/mol. The molecule has 0 spiro atoms. The second-order valence-corrected chi connectivity index (χ2v) is 6.06. The Kier molecular flexibility index (Phi) is 3.60. The minimum Gasteiger partial charge on any atom is -0.273 e. The topological polar surface area (TPSA) is 66.5 Å². The fourth-order valence-corrected chi connectivity index (χ4v) is 2.96. The first-order chi connectivity index (χ1) is 10.6. The number of rotatable bonds is 2. The van der Waals surface area contributed by atoms with Crippen LogP contribution in [-0.4, -0.2) is 17.8 Å². The first kappa shape index (κ1) is 14.2. The first-order valence-electron chi connectivity index (χ1n) is 6.59. The fourth-order valence-electron chi connectivity index (χ4n) is 2.14. The Morgan fingerprint density at radius 1 is 1.05 bits per heavy atom. The number of carbonyl (C=O) groups excluding carboxylic acids is 3. The summed E-state index contributed by atoms with van der Waals surface area (Å²) in [6, 6.07) is 11.5. The van der Waals surface area contributed by atoms with Gasteiger partial charge in [-0.1, -0.05) is 18.2 Å². The maximum Gasteiger partial charge on any atom is 0.335 e. The molecule has 3 rings (SSSR count). The van der Waals surface area contributed by atoms with E-state index in [9.17, 15) is 14.4 Å². The zero-order chi connectivity index (χ0) is 15.7. The summed E-state index contributed by atoms with van der Waals surface area (Å²) in [5.41, 5.74) is 0.371. The average Bonchev–Trinajstić information content (AvgIpc) is 2.90. The number of nitrogens with one attached hydrogen (secondary N) is 1. The molecule has 0 bridgehead atoms. The van der Waals surface area contributed by atoms with E-state index in [0.29, 0.717) is 5.69 Å². The quantitative estimate of drug-likeness (QED) is 0.685. The molecule has 1 saturated heterocycles. The molecule has 1 N–H and O–H groups in total. The van der Waals surface area contributed by atoms with Gasteiger partial charge in [-0.2, -0.15) is 0 Å². The Morgan fingerprint density at radius 3 is 2.41 bits per heavy atom. The van der Waals surface area contributed by atoms with Crippen LogP contribution in [-0.2, 0) is 9.59 Å².